The minimum absolute atomic E-state index is 0.0273. The molecule has 0 unspecified atom stereocenters. The van der Waals surface area contributed by atoms with Crippen LogP contribution in [0.2, 0.25) is 15.1 Å². The molecule has 0 fully saturated rings. The van der Waals surface area contributed by atoms with Crippen LogP contribution >= 0.6 is 34.8 Å². The zero-order chi connectivity index (χ0) is 20.9. The number of carbonyl (C=O) groups is 2. The minimum atomic E-state index is -3.91. The van der Waals surface area contributed by atoms with Crippen molar-refractivity contribution < 1.29 is 22.7 Å². The Bertz CT molecular complexity index is 981. The quantitative estimate of drug-likeness (QED) is 0.632. The summed E-state index contributed by atoms with van der Waals surface area (Å²) in [5.41, 5.74) is 0.262. The summed E-state index contributed by atoms with van der Waals surface area (Å²) in [5.74, 6) is -1.55. The van der Waals surface area contributed by atoms with Crippen molar-refractivity contribution in [2.24, 2.45) is 0 Å². The summed E-state index contributed by atoms with van der Waals surface area (Å²) in [6.07, 6.45) is 0. The number of amides is 1. The molecule has 0 heterocycles. The van der Waals surface area contributed by atoms with Crippen molar-refractivity contribution >= 4 is 62.4 Å². The highest BCUT2D eigenvalue weighted by Crippen LogP contribution is 2.25. The standard InChI is InChI=1S/C17H15Cl3N2O5S/c1-22(28(25,26)13-5-2-11(18)3-6-13)9-17(24)27-10-16(23)21-15-8-12(19)4-7-14(15)20/h2-8H,9-10H2,1H3,(H,21,23). The van der Waals surface area contributed by atoms with Gasteiger partial charge in [0.25, 0.3) is 5.91 Å². The zero-order valence-electron chi connectivity index (χ0n) is 14.5. The van der Waals surface area contributed by atoms with E-state index in [1.165, 1.54) is 43.4 Å². The molecule has 2 aromatic carbocycles. The molecule has 7 nitrogen and oxygen atoms in total. The van der Waals surface area contributed by atoms with Crippen molar-refractivity contribution in [2.45, 2.75) is 4.90 Å². The van der Waals surface area contributed by atoms with E-state index >= 15 is 0 Å². The van der Waals surface area contributed by atoms with E-state index in [4.69, 9.17) is 39.5 Å². The SMILES string of the molecule is CN(CC(=O)OCC(=O)Nc1cc(Cl)ccc1Cl)S(=O)(=O)c1ccc(Cl)cc1. The largest absolute Gasteiger partial charge is 0.455 e. The summed E-state index contributed by atoms with van der Waals surface area (Å²) in [7, 11) is -2.69. The number of halogens is 3. The summed E-state index contributed by atoms with van der Waals surface area (Å²) >= 11 is 17.5. The summed E-state index contributed by atoms with van der Waals surface area (Å²) in [6, 6.07) is 9.98. The van der Waals surface area contributed by atoms with Gasteiger partial charge in [0.15, 0.2) is 6.61 Å². The number of nitrogens with zero attached hydrogens (tertiary/aromatic N) is 1. The first kappa shape index (κ1) is 22.4. The molecular weight excluding hydrogens is 451 g/mol. The molecule has 0 aliphatic heterocycles. The molecular formula is C17H15Cl3N2O5S. The summed E-state index contributed by atoms with van der Waals surface area (Å²) in [4.78, 5) is 23.7. The number of ether oxygens (including phenoxy) is 1. The average molecular weight is 466 g/mol. The lowest BCUT2D eigenvalue weighted by Crippen LogP contribution is -2.34. The van der Waals surface area contributed by atoms with Crippen LogP contribution in [-0.2, 0) is 24.3 Å². The van der Waals surface area contributed by atoms with Crippen LogP contribution in [0.1, 0.15) is 0 Å². The number of esters is 1. The molecule has 0 saturated heterocycles. The summed E-state index contributed by atoms with van der Waals surface area (Å²) in [6.45, 7) is -1.19. The first-order valence-corrected chi connectivity index (χ1v) is 10.3. The van der Waals surface area contributed by atoms with Crippen LogP contribution in [0.4, 0.5) is 5.69 Å². The maximum absolute atomic E-state index is 12.4. The smallest absolute Gasteiger partial charge is 0.321 e. The summed E-state index contributed by atoms with van der Waals surface area (Å²) in [5, 5.41) is 3.45. The van der Waals surface area contributed by atoms with Crippen LogP contribution in [0, 0.1) is 0 Å². The predicted molar refractivity (Wildman–Crippen MR) is 107 cm³/mol. The molecule has 28 heavy (non-hydrogen) atoms. The van der Waals surface area contributed by atoms with Gasteiger partial charge in [0.2, 0.25) is 10.0 Å². The van der Waals surface area contributed by atoms with E-state index < -0.39 is 35.1 Å². The van der Waals surface area contributed by atoms with E-state index in [1.807, 2.05) is 0 Å². The number of anilines is 1. The van der Waals surface area contributed by atoms with Crippen molar-refractivity contribution in [1.29, 1.82) is 0 Å². The van der Waals surface area contributed by atoms with Crippen LogP contribution < -0.4 is 5.32 Å². The Morgan fingerprint density at radius 1 is 1.04 bits per heavy atom. The first-order chi connectivity index (χ1) is 13.1. The molecule has 2 rings (SSSR count). The van der Waals surface area contributed by atoms with Crippen LogP contribution in [0.25, 0.3) is 0 Å². The lowest BCUT2D eigenvalue weighted by molar-refractivity contribution is -0.147. The van der Waals surface area contributed by atoms with E-state index in [0.29, 0.717) is 10.0 Å². The molecule has 2 aromatic rings. The zero-order valence-corrected chi connectivity index (χ0v) is 17.6. The Hall–Kier alpha value is -1.84. The van der Waals surface area contributed by atoms with Gasteiger partial charge in [0, 0.05) is 17.1 Å². The normalized spacial score (nSPS) is 11.3. The van der Waals surface area contributed by atoms with Crippen LogP contribution in [-0.4, -0.2) is 44.8 Å². The maximum atomic E-state index is 12.4. The average Bonchev–Trinajstić information content (AvgIpc) is 2.63. The molecule has 150 valence electrons. The van der Waals surface area contributed by atoms with Gasteiger partial charge in [-0.3, -0.25) is 9.59 Å². The number of hydrogen-bond donors (Lipinski definition) is 1. The van der Waals surface area contributed by atoms with Gasteiger partial charge < -0.3 is 10.1 Å². The fraction of sp³-hybridized carbons (Fsp3) is 0.176. The third-order valence-corrected chi connectivity index (χ3v) is 6.07. The minimum Gasteiger partial charge on any atom is -0.455 e. The number of likely N-dealkylation sites (N-methyl/N-ethyl adjacent to an activating group) is 1. The number of benzene rings is 2. The van der Waals surface area contributed by atoms with Gasteiger partial charge in [-0.1, -0.05) is 34.8 Å². The second-order valence-corrected chi connectivity index (χ2v) is 8.87. The van der Waals surface area contributed by atoms with Gasteiger partial charge in [0.05, 0.1) is 15.6 Å². The van der Waals surface area contributed by atoms with E-state index in [-0.39, 0.29) is 15.6 Å². The van der Waals surface area contributed by atoms with Gasteiger partial charge in [-0.25, -0.2) is 8.42 Å². The second kappa shape index (κ2) is 9.58. The third-order valence-electron chi connectivity index (χ3n) is 3.44. The van der Waals surface area contributed by atoms with Gasteiger partial charge in [-0.15, -0.1) is 0 Å². The molecule has 0 spiro atoms. The molecule has 0 bridgehead atoms. The topological polar surface area (TPSA) is 92.8 Å². The van der Waals surface area contributed by atoms with Gasteiger partial charge in [0.1, 0.15) is 6.54 Å². The molecule has 0 saturated carbocycles. The third kappa shape index (κ3) is 6.08. The monoisotopic (exact) mass is 464 g/mol. The number of hydrogen-bond acceptors (Lipinski definition) is 5. The van der Waals surface area contributed by atoms with Crippen molar-refractivity contribution in [3.8, 4) is 0 Å². The van der Waals surface area contributed by atoms with Crippen LogP contribution in [0.15, 0.2) is 47.4 Å². The van der Waals surface area contributed by atoms with Crippen molar-refractivity contribution in [3.63, 3.8) is 0 Å². The molecule has 1 amide bonds. The second-order valence-electron chi connectivity index (χ2n) is 5.55. The molecule has 0 atom stereocenters. The molecule has 0 aromatic heterocycles. The van der Waals surface area contributed by atoms with E-state index in [9.17, 15) is 18.0 Å². The van der Waals surface area contributed by atoms with Crippen molar-refractivity contribution in [2.75, 3.05) is 25.5 Å². The Morgan fingerprint density at radius 2 is 1.64 bits per heavy atom. The van der Waals surface area contributed by atoms with Gasteiger partial charge in [-0.05, 0) is 42.5 Å². The Balaban J connectivity index is 1.90. The predicted octanol–water partition coefficient (Wildman–Crippen LogP) is 3.45. The fourth-order valence-electron chi connectivity index (χ4n) is 2.02. The number of rotatable bonds is 7. The van der Waals surface area contributed by atoms with Gasteiger partial charge in [-0.2, -0.15) is 4.31 Å². The highest BCUT2D eigenvalue weighted by atomic mass is 35.5. The van der Waals surface area contributed by atoms with E-state index in [2.05, 4.69) is 5.32 Å². The highest BCUT2D eigenvalue weighted by molar-refractivity contribution is 7.89. The Kier molecular flexibility index (Phi) is 7.68. The highest BCUT2D eigenvalue weighted by Gasteiger charge is 2.24. The van der Waals surface area contributed by atoms with Crippen molar-refractivity contribution in [1.82, 2.24) is 4.31 Å². The molecule has 11 heteroatoms. The number of sulfonamides is 1. The number of carbonyl (C=O) groups excluding carboxylic acids is 2. The lowest BCUT2D eigenvalue weighted by Gasteiger charge is -2.16. The summed E-state index contributed by atoms with van der Waals surface area (Å²) < 4.78 is 30.4. The molecule has 1 N–H and O–H groups in total. The fourth-order valence-corrected chi connectivity index (χ4v) is 3.60. The Morgan fingerprint density at radius 3 is 2.29 bits per heavy atom. The van der Waals surface area contributed by atoms with Crippen molar-refractivity contribution in [3.05, 3.63) is 57.5 Å². The molecule has 0 aliphatic carbocycles. The maximum Gasteiger partial charge on any atom is 0.321 e. The molecule has 0 aliphatic rings. The number of nitrogens with one attached hydrogen (secondary N) is 1. The first-order valence-electron chi connectivity index (χ1n) is 7.72. The van der Waals surface area contributed by atoms with E-state index in [1.54, 1.807) is 6.07 Å². The van der Waals surface area contributed by atoms with Crippen LogP contribution in [0.3, 0.4) is 0 Å². The molecule has 0 radical (unpaired) electrons. The lowest BCUT2D eigenvalue weighted by atomic mass is 10.3. The van der Waals surface area contributed by atoms with Crippen LogP contribution in [0.5, 0.6) is 0 Å². The van der Waals surface area contributed by atoms with E-state index in [0.717, 1.165) is 4.31 Å². The Labute approximate surface area is 177 Å². The van der Waals surface area contributed by atoms with Gasteiger partial charge >= 0.3 is 5.97 Å².